The Morgan fingerprint density at radius 3 is 2.64 bits per heavy atom. The lowest BCUT2D eigenvalue weighted by Crippen LogP contribution is -2.41. The number of para-hydroxylation sites is 1. The number of rotatable bonds is 6. The maximum atomic E-state index is 11.4. The molecule has 0 bridgehead atoms. The zero-order chi connectivity index (χ0) is 16.5. The average molecular weight is 307 g/mol. The largest absolute Gasteiger partial charge is 0.496 e. The van der Waals surface area contributed by atoms with Gasteiger partial charge in [0.05, 0.1) is 20.1 Å². The van der Waals surface area contributed by atoms with Gasteiger partial charge in [0.1, 0.15) is 5.75 Å². The molecule has 0 amide bonds. The van der Waals surface area contributed by atoms with Crippen LogP contribution in [0.1, 0.15) is 12.5 Å². The lowest BCUT2D eigenvalue weighted by atomic mass is 10.2. The van der Waals surface area contributed by atoms with Crippen molar-refractivity contribution in [1.29, 1.82) is 0 Å². The standard InChI is InChI=1S/C16H25N3O3/c1-12(15(20)22-5)10-18-16(17-2)19(3)11-13-8-6-7-9-14(13)21-4/h6-9,12H,10-11H2,1-5H3,(H,17,18). The van der Waals surface area contributed by atoms with Crippen LogP contribution in [0, 0.1) is 5.92 Å². The molecule has 0 heterocycles. The Labute approximate surface area is 132 Å². The number of benzene rings is 1. The van der Waals surface area contributed by atoms with E-state index in [0.717, 1.165) is 11.3 Å². The van der Waals surface area contributed by atoms with E-state index in [4.69, 9.17) is 9.47 Å². The van der Waals surface area contributed by atoms with Crippen LogP contribution >= 0.6 is 0 Å². The highest BCUT2D eigenvalue weighted by atomic mass is 16.5. The highest BCUT2D eigenvalue weighted by molar-refractivity contribution is 5.80. The van der Waals surface area contributed by atoms with Crippen LogP contribution in [-0.2, 0) is 16.1 Å². The normalized spacial score (nSPS) is 12.5. The summed E-state index contributed by atoms with van der Waals surface area (Å²) in [4.78, 5) is 17.6. The third kappa shape index (κ3) is 4.95. The van der Waals surface area contributed by atoms with Crippen molar-refractivity contribution in [2.24, 2.45) is 10.9 Å². The maximum absolute atomic E-state index is 11.4. The fourth-order valence-electron chi connectivity index (χ4n) is 2.08. The van der Waals surface area contributed by atoms with Crippen molar-refractivity contribution >= 4 is 11.9 Å². The number of esters is 1. The molecule has 0 fully saturated rings. The number of carbonyl (C=O) groups is 1. The molecule has 0 radical (unpaired) electrons. The molecular formula is C16H25N3O3. The second-order valence-electron chi connectivity index (χ2n) is 5.02. The Balaban J connectivity index is 2.65. The molecule has 1 aromatic carbocycles. The van der Waals surface area contributed by atoms with Gasteiger partial charge in [-0.1, -0.05) is 25.1 Å². The summed E-state index contributed by atoms with van der Waals surface area (Å²) in [5, 5.41) is 3.18. The zero-order valence-corrected chi connectivity index (χ0v) is 13.9. The van der Waals surface area contributed by atoms with E-state index >= 15 is 0 Å². The fraction of sp³-hybridized carbons (Fsp3) is 0.500. The summed E-state index contributed by atoms with van der Waals surface area (Å²) in [7, 11) is 6.69. The Morgan fingerprint density at radius 1 is 1.36 bits per heavy atom. The predicted octanol–water partition coefficient (Wildman–Crippen LogP) is 1.51. The number of methoxy groups -OCH3 is 2. The lowest BCUT2D eigenvalue weighted by Gasteiger charge is -2.24. The molecule has 0 aliphatic carbocycles. The van der Waals surface area contributed by atoms with Crippen molar-refractivity contribution < 1.29 is 14.3 Å². The van der Waals surface area contributed by atoms with Crippen LogP contribution in [0.15, 0.2) is 29.3 Å². The van der Waals surface area contributed by atoms with E-state index in [-0.39, 0.29) is 11.9 Å². The minimum absolute atomic E-state index is 0.235. The summed E-state index contributed by atoms with van der Waals surface area (Å²) in [6.45, 7) is 2.93. The molecule has 122 valence electrons. The number of hydrogen-bond donors (Lipinski definition) is 1. The molecule has 1 N–H and O–H groups in total. The van der Waals surface area contributed by atoms with Crippen molar-refractivity contribution in [3.8, 4) is 5.75 Å². The Hall–Kier alpha value is -2.24. The first-order valence-corrected chi connectivity index (χ1v) is 7.15. The zero-order valence-electron chi connectivity index (χ0n) is 13.9. The summed E-state index contributed by atoms with van der Waals surface area (Å²) < 4.78 is 10.1. The van der Waals surface area contributed by atoms with Crippen molar-refractivity contribution in [3.05, 3.63) is 29.8 Å². The van der Waals surface area contributed by atoms with Gasteiger partial charge in [0.25, 0.3) is 0 Å². The number of nitrogens with zero attached hydrogens (tertiary/aromatic N) is 2. The quantitative estimate of drug-likeness (QED) is 0.490. The molecule has 0 saturated heterocycles. The highest BCUT2D eigenvalue weighted by Gasteiger charge is 2.15. The van der Waals surface area contributed by atoms with Crippen LogP contribution in [0.2, 0.25) is 0 Å². The number of ether oxygens (including phenoxy) is 2. The van der Waals surface area contributed by atoms with Crippen LogP contribution < -0.4 is 10.1 Å². The fourth-order valence-corrected chi connectivity index (χ4v) is 2.08. The first kappa shape index (κ1) is 17.8. The second kappa shape index (κ2) is 8.92. The van der Waals surface area contributed by atoms with Crippen LogP contribution in [-0.4, -0.2) is 51.7 Å². The second-order valence-corrected chi connectivity index (χ2v) is 5.02. The lowest BCUT2D eigenvalue weighted by molar-refractivity contribution is -0.144. The number of nitrogens with one attached hydrogen (secondary N) is 1. The van der Waals surface area contributed by atoms with Crippen LogP contribution in [0.4, 0.5) is 0 Å². The molecule has 1 aromatic rings. The molecule has 1 unspecified atom stereocenters. The first-order chi connectivity index (χ1) is 10.5. The summed E-state index contributed by atoms with van der Waals surface area (Å²) in [6.07, 6.45) is 0. The number of carbonyl (C=O) groups excluding carboxylic acids is 1. The molecule has 0 aromatic heterocycles. The number of guanidine groups is 1. The minimum atomic E-state index is -0.240. The topological polar surface area (TPSA) is 63.2 Å². The predicted molar refractivity (Wildman–Crippen MR) is 87.0 cm³/mol. The van der Waals surface area contributed by atoms with Crippen LogP contribution in [0.5, 0.6) is 5.75 Å². The van der Waals surface area contributed by atoms with Gasteiger partial charge in [0, 0.05) is 32.7 Å². The maximum Gasteiger partial charge on any atom is 0.310 e. The van der Waals surface area contributed by atoms with E-state index in [0.29, 0.717) is 19.0 Å². The van der Waals surface area contributed by atoms with Gasteiger partial charge < -0.3 is 19.7 Å². The van der Waals surface area contributed by atoms with Crippen molar-refractivity contribution in [1.82, 2.24) is 10.2 Å². The molecule has 0 aliphatic heterocycles. The smallest absolute Gasteiger partial charge is 0.310 e. The molecule has 0 saturated carbocycles. The van der Waals surface area contributed by atoms with E-state index in [1.54, 1.807) is 14.2 Å². The number of aliphatic imine (C=N–C) groups is 1. The van der Waals surface area contributed by atoms with Crippen LogP contribution in [0.3, 0.4) is 0 Å². The van der Waals surface area contributed by atoms with Crippen molar-refractivity contribution in [2.45, 2.75) is 13.5 Å². The number of hydrogen-bond acceptors (Lipinski definition) is 4. The highest BCUT2D eigenvalue weighted by Crippen LogP contribution is 2.18. The third-order valence-corrected chi connectivity index (χ3v) is 3.34. The van der Waals surface area contributed by atoms with Crippen molar-refractivity contribution in [3.63, 3.8) is 0 Å². The van der Waals surface area contributed by atoms with E-state index < -0.39 is 0 Å². The molecule has 6 heteroatoms. The van der Waals surface area contributed by atoms with Gasteiger partial charge in [-0.25, -0.2) is 0 Å². The molecule has 0 spiro atoms. The van der Waals surface area contributed by atoms with E-state index in [9.17, 15) is 4.79 Å². The summed E-state index contributed by atoms with van der Waals surface area (Å²) >= 11 is 0. The van der Waals surface area contributed by atoms with Gasteiger partial charge in [0.2, 0.25) is 0 Å². The van der Waals surface area contributed by atoms with Crippen molar-refractivity contribution in [2.75, 3.05) is 34.9 Å². The minimum Gasteiger partial charge on any atom is -0.496 e. The summed E-state index contributed by atoms with van der Waals surface area (Å²) in [5.41, 5.74) is 1.07. The molecule has 22 heavy (non-hydrogen) atoms. The monoisotopic (exact) mass is 307 g/mol. The van der Waals surface area contributed by atoms with Gasteiger partial charge in [-0.15, -0.1) is 0 Å². The van der Waals surface area contributed by atoms with Gasteiger partial charge in [-0.3, -0.25) is 9.79 Å². The summed E-state index contributed by atoms with van der Waals surface area (Å²) in [5.74, 6) is 1.08. The van der Waals surface area contributed by atoms with Gasteiger partial charge in [0.15, 0.2) is 5.96 Å². The Morgan fingerprint density at radius 2 is 2.05 bits per heavy atom. The molecule has 1 rings (SSSR count). The van der Waals surface area contributed by atoms with Gasteiger partial charge in [-0.05, 0) is 6.07 Å². The van der Waals surface area contributed by atoms with Crippen LogP contribution in [0.25, 0.3) is 0 Å². The van der Waals surface area contributed by atoms with Gasteiger partial charge >= 0.3 is 5.97 Å². The van der Waals surface area contributed by atoms with E-state index in [2.05, 4.69) is 10.3 Å². The first-order valence-electron chi connectivity index (χ1n) is 7.15. The Bertz CT molecular complexity index is 517. The summed E-state index contributed by atoms with van der Waals surface area (Å²) in [6, 6.07) is 7.85. The Kier molecular flexibility index (Phi) is 7.22. The molecular weight excluding hydrogens is 282 g/mol. The van der Waals surface area contributed by atoms with E-state index in [1.165, 1.54) is 7.11 Å². The van der Waals surface area contributed by atoms with E-state index in [1.807, 2.05) is 43.1 Å². The molecule has 6 nitrogen and oxygen atoms in total. The SMILES string of the molecule is CN=C(NCC(C)C(=O)OC)N(C)Cc1ccccc1OC. The molecule has 1 atom stereocenters. The average Bonchev–Trinajstić information content (AvgIpc) is 2.54. The molecule has 0 aliphatic rings. The third-order valence-electron chi connectivity index (χ3n) is 3.34. The van der Waals surface area contributed by atoms with Gasteiger partial charge in [-0.2, -0.15) is 0 Å².